The molecule has 8 nitrogen and oxygen atoms in total. The van der Waals surface area contributed by atoms with Gasteiger partial charge in [0.2, 0.25) is 5.91 Å². The predicted molar refractivity (Wildman–Crippen MR) is 143 cm³/mol. The van der Waals surface area contributed by atoms with Gasteiger partial charge in [-0.15, -0.1) is 0 Å². The number of benzene rings is 2. The van der Waals surface area contributed by atoms with Crippen molar-refractivity contribution >= 4 is 11.8 Å². The molecule has 1 aliphatic heterocycles. The number of aromatic nitrogens is 2. The van der Waals surface area contributed by atoms with Crippen molar-refractivity contribution in [3.63, 3.8) is 0 Å². The van der Waals surface area contributed by atoms with E-state index >= 15 is 0 Å². The number of carbonyl (C=O) groups excluding carboxylic acids is 2. The van der Waals surface area contributed by atoms with E-state index < -0.39 is 0 Å². The van der Waals surface area contributed by atoms with E-state index in [4.69, 9.17) is 4.74 Å². The van der Waals surface area contributed by atoms with E-state index in [1.165, 1.54) is 0 Å². The Balaban J connectivity index is 1.57. The number of nitrogens with one attached hydrogen (secondary N) is 2. The maximum Gasteiger partial charge on any atom is 0.251 e. The second kappa shape index (κ2) is 13.1. The normalized spacial score (nSPS) is 15.4. The monoisotopic (exact) mass is 503 g/mol. The molecule has 2 amide bonds. The number of amides is 2. The fourth-order valence-electron chi connectivity index (χ4n) is 4.65. The van der Waals surface area contributed by atoms with Crippen LogP contribution in [0.25, 0.3) is 0 Å². The lowest BCUT2D eigenvalue weighted by molar-refractivity contribution is -0.122. The molecule has 0 fully saturated rings. The lowest BCUT2D eigenvalue weighted by atomic mass is 10.0. The fourth-order valence-corrected chi connectivity index (χ4v) is 4.65. The number of ether oxygens (including phenoxy) is 1. The van der Waals surface area contributed by atoms with E-state index in [0.717, 1.165) is 41.8 Å². The molecule has 0 saturated heterocycles. The Hall–Kier alpha value is -3.65. The summed E-state index contributed by atoms with van der Waals surface area (Å²) >= 11 is 0. The highest BCUT2D eigenvalue weighted by molar-refractivity contribution is 5.96. The van der Waals surface area contributed by atoms with Gasteiger partial charge in [-0.3, -0.25) is 19.2 Å². The van der Waals surface area contributed by atoms with Crippen LogP contribution >= 0.6 is 0 Å². The van der Waals surface area contributed by atoms with Crippen molar-refractivity contribution in [1.29, 1.82) is 0 Å². The molecule has 0 saturated carbocycles. The summed E-state index contributed by atoms with van der Waals surface area (Å²) < 4.78 is 8.08. The number of fused-ring (bicyclic) bond motifs is 1. The van der Waals surface area contributed by atoms with Crippen molar-refractivity contribution in [3.8, 4) is 5.75 Å². The van der Waals surface area contributed by atoms with Crippen LogP contribution < -0.4 is 15.4 Å². The molecule has 2 N–H and O–H groups in total. The summed E-state index contributed by atoms with van der Waals surface area (Å²) in [7, 11) is 0. The first-order chi connectivity index (χ1) is 18.0. The van der Waals surface area contributed by atoms with Crippen LogP contribution in [0.3, 0.4) is 0 Å². The van der Waals surface area contributed by atoms with Gasteiger partial charge < -0.3 is 15.4 Å². The lowest BCUT2D eigenvalue weighted by Gasteiger charge is -2.24. The smallest absolute Gasteiger partial charge is 0.251 e. The number of rotatable bonds is 6. The maximum absolute atomic E-state index is 13.4. The van der Waals surface area contributed by atoms with Gasteiger partial charge in [0, 0.05) is 43.0 Å². The number of aryl methyl sites for hydroxylation is 2. The first-order valence-corrected chi connectivity index (χ1v) is 13.1. The Morgan fingerprint density at radius 1 is 1.05 bits per heavy atom. The van der Waals surface area contributed by atoms with E-state index in [9.17, 15) is 9.59 Å². The summed E-state index contributed by atoms with van der Waals surface area (Å²) in [4.78, 5) is 28.2. The lowest BCUT2D eigenvalue weighted by Crippen LogP contribution is -2.37. The highest BCUT2D eigenvalue weighted by Gasteiger charge is 2.21. The van der Waals surface area contributed by atoms with Crippen molar-refractivity contribution in [2.45, 2.75) is 52.7 Å². The van der Waals surface area contributed by atoms with E-state index in [0.29, 0.717) is 50.6 Å². The summed E-state index contributed by atoms with van der Waals surface area (Å²) in [5, 5.41) is 10.6. The number of hydrogen-bond acceptors (Lipinski definition) is 5. The Bertz CT molecular complexity index is 1190. The third-order valence-electron chi connectivity index (χ3n) is 6.49. The predicted octanol–water partition coefficient (Wildman–Crippen LogP) is 3.61. The Labute approximate surface area is 219 Å². The molecule has 0 aliphatic carbocycles. The molecule has 0 atom stereocenters. The molecule has 4 rings (SSSR count). The van der Waals surface area contributed by atoms with Gasteiger partial charge in [-0.2, -0.15) is 5.10 Å². The minimum atomic E-state index is -0.157. The first kappa shape index (κ1) is 26.4. The summed E-state index contributed by atoms with van der Waals surface area (Å²) in [6, 6.07) is 17.7. The molecule has 37 heavy (non-hydrogen) atoms. The molecule has 3 aromatic rings. The highest BCUT2D eigenvalue weighted by Crippen LogP contribution is 2.26. The first-order valence-electron chi connectivity index (χ1n) is 13.1. The van der Waals surface area contributed by atoms with Gasteiger partial charge >= 0.3 is 0 Å². The van der Waals surface area contributed by atoms with E-state index in [-0.39, 0.29) is 18.4 Å². The molecule has 0 unspecified atom stereocenters. The molecular weight excluding hydrogens is 466 g/mol. The number of hydrogen-bond donors (Lipinski definition) is 2. The zero-order valence-electron chi connectivity index (χ0n) is 21.8. The quantitative estimate of drug-likeness (QED) is 0.537. The third-order valence-corrected chi connectivity index (χ3v) is 6.49. The van der Waals surface area contributed by atoms with Crippen LogP contribution in [0.4, 0.5) is 0 Å². The van der Waals surface area contributed by atoms with E-state index in [1.807, 2.05) is 73.1 Å². The average Bonchev–Trinajstić information content (AvgIpc) is 3.21. The SMILES string of the molecule is Cc1cc(C)n(CCNC(=O)c2cccc3c2CN(Cc2ccccc2)CC(=O)NCCCCCO3)n1. The largest absolute Gasteiger partial charge is 0.493 e. The van der Waals surface area contributed by atoms with Gasteiger partial charge in [0.05, 0.1) is 25.4 Å². The summed E-state index contributed by atoms with van der Waals surface area (Å²) in [6.07, 6.45) is 2.77. The maximum atomic E-state index is 13.4. The van der Waals surface area contributed by atoms with Gasteiger partial charge in [0.25, 0.3) is 5.91 Å². The van der Waals surface area contributed by atoms with Crippen LogP contribution in [-0.4, -0.2) is 52.7 Å². The summed E-state index contributed by atoms with van der Waals surface area (Å²) in [5.41, 5.74) is 4.50. The summed E-state index contributed by atoms with van der Waals surface area (Å²) in [6.45, 7) is 7.50. The van der Waals surface area contributed by atoms with Crippen molar-refractivity contribution in [2.75, 3.05) is 26.2 Å². The molecule has 8 heteroatoms. The van der Waals surface area contributed by atoms with Crippen molar-refractivity contribution < 1.29 is 14.3 Å². The van der Waals surface area contributed by atoms with Gasteiger partial charge in [-0.05, 0) is 56.9 Å². The van der Waals surface area contributed by atoms with Crippen LogP contribution in [0.2, 0.25) is 0 Å². The minimum Gasteiger partial charge on any atom is -0.493 e. The Kier molecular flexibility index (Phi) is 9.32. The van der Waals surface area contributed by atoms with Crippen molar-refractivity contribution in [3.05, 3.63) is 82.7 Å². The van der Waals surface area contributed by atoms with Crippen molar-refractivity contribution in [1.82, 2.24) is 25.3 Å². The van der Waals surface area contributed by atoms with E-state index in [2.05, 4.69) is 20.6 Å². The molecule has 2 heterocycles. The van der Waals surface area contributed by atoms with Gasteiger partial charge in [-0.1, -0.05) is 36.4 Å². The van der Waals surface area contributed by atoms with Crippen LogP contribution in [0.15, 0.2) is 54.6 Å². The zero-order chi connectivity index (χ0) is 26.0. The molecular formula is C29H37N5O3. The topological polar surface area (TPSA) is 88.5 Å². The van der Waals surface area contributed by atoms with Crippen LogP contribution in [0.5, 0.6) is 5.75 Å². The number of carbonyl (C=O) groups is 2. The molecule has 196 valence electrons. The fraction of sp³-hybridized carbons (Fsp3) is 0.414. The molecule has 1 aliphatic rings. The van der Waals surface area contributed by atoms with Gasteiger partial charge in [0.1, 0.15) is 5.75 Å². The zero-order valence-corrected chi connectivity index (χ0v) is 21.8. The molecule has 0 spiro atoms. The number of nitrogens with zero attached hydrogens (tertiary/aromatic N) is 3. The molecule has 2 aromatic carbocycles. The molecule has 1 aromatic heterocycles. The second-order valence-electron chi connectivity index (χ2n) is 9.58. The standard InChI is InChI=1S/C29H37N5O3/c1-22-18-23(2)34(32-22)16-15-31-29(36)25-12-9-13-27-26(25)20-33(19-24-10-5-3-6-11-24)21-28(35)30-14-7-4-8-17-37-27/h3,5-6,9-13,18H,4,7-8,14-17,19-21H2,1-2H3,(H,30,35)(H,31,36). The average molecular weight is 504 g/mol. The van der Waals surface area contributed by atoms with Crippen LogP contribution in [0.1, 0.15) is 52.1 Å². The van der Waals surface area contributed by atoms with Crippen LogP contribution in [-0.2, 0) is 24.4 Å². The summed E-state index contributed by atoms with van der Waals surface area (Å²) in [5.74, 6) is 0.531. The van der Waals surface area contributed by atoms with Crippen LogP contribution in [0, 0.1) is 13.8 Å². The van der Waals surface area contributed by atoms with Gasteiger partial charge in [-0.25, -0.2) is 0 Å². The third kappa shape index (κ3) is 7.67. The second-order valence-corrected chi connectivity index (χ2v) is 9.58. The molecule has 0 bridgehead atoms. The minimum absolute atomic E-state index is 0.00975. The van der Waals surface area contributed by atoms with E-state index in [1.54, 1.807) is 0 Å². The van der Waals surface area contributed by atoms with Gasteiger partial charge in [0.15, 0.2) is 0 Å². The van der Waals surface area contributed by atoms with Crippen molar-refractivity contribution in [2.24, 2.45) is 0 Å². The molecule has 0 radical (unpaired) electrons. The highest BCUT2D eigenvalue weighted by atomic mass is 16.5. The Morgan fingerprint density at radius 3 is 2.68 bits per heavy atom. The Morgan fingerprint density at radius 2 is 1.89 bits per heavy atom.